The number of benzene rings is 1. The Morgan fingerprint density at radius 2 is 1.87 bits per heavy atom. The molecule has 1 aromatic rings. The van der Waals surface area contributed by atoms with Gasteiger partial charge in [-0.2, -0.15) is 0 Å². The number of rotatable bonds is 1. The Kier molecular flexibility index (Phi) is 4.97. The van der Waals surface area contributed by atoms with Gasteiger partial charge in [-0.05, 0) is 37.5 Å². The molecule has 1 N–H and O–H groups in total. The molecule has 6 heteroatoms. The molecule has 3 aliphatic heterocycles. The summed E-state index contributed by atoms with van der Waals surface area (Å²) >= 11 is 0. The normalized spacial score (nSPS) is 26.0. The van der Waals surface area contributed by atoms with Crippen molar-refractivity contribution < 1.29 is 14.3 Å². The third kappa shape index (κ3) is 3.40. The van der Waals surface area contributed by atoms with Gasteiger partial charge in [0.2, 0.25) is 0 Å². The SMILES string of the molecule is Cl.O=C(c1ccc2c(c1)OCCCO2)N1CCC2CCC(C1)N2. The lowest BCUT2D eigenvalue weighted by Crippen LogP contribution is -2.39. The van der Waals surface area contributed by atoms with Crippen LogP contribution in [0.1, 0.15) is 36.0 Å². The van der Waals surface area contributed by atoms with Gasteiger partial charge in [0.15, 0.2) is 11.5 Å². The average Bonchev–Trinajstić information content (AvgIpc) is 2.73. The molecule has 2 bridgehead atoms. The molecule has 0 radical (unpaired) electrons. The van der Waals surface area contributed by atoms with Gasteiger partial charge >= 0.3 is 0 Å². The highest BCUT2D eigenvalue weighted by Gasteiger charge is 2.31. The van der Waals surface area contributed by atoms with Gasteiger partial charge in [-0.1, -0.05) is 0 Å². The van der Waals surface area contributed by atoms with Crippen LogP contribution in [-0.4, -0.2) is 49.2 Å². The molecule has 126 valence electrons. The third-order valence-corrected chi connectivity index (χ3v) is 4.80. The van der Waals surface area contributed by atoms with Crippen LogP contribution in [-0.2, 0) is 0 Å². The number of hydrogen-bond donors (Lipinski definition) is 1. The lowest BCUT2D eigenvalue weighted by Gasteiger charge is -2.24. The number of nitrogens with one attached hydrogen (secondary N) is 1. The van der Waals surface area contributed by atoms with Crippen LogP contribution >= 0.6 is 12.4 Å². The van der Waals surface area contributed by atoms with E-state index in [1.807, 2.05) is 23.1 Å². The predicted molar refractivity (Wildman–Crippen MR) is 89.8 cm³/mol. The Morgan fingerprint density at radius 1 is 1.09 bits per heavy atom. The summed E-state index contributed by atoms with van der Waals surface area (Å²) in [7, 11) is 0. The van der Waals surface area contributed by atoms with E-state index in [9.17, 15) is 4.79 Å². The van der Waals surface area contributed by atoms with Crippen molar-refractivity contribution in [1.82, 2.24) is 10.2 Å². The lowest BCUT2D eigenvalue weighted by atomic mass is 10.1. The van der Waals surface area contributed by atoms with Crippen molar-refractivity contribution in [3.63, 3.8) is 0 Å². The number of hydrogen-bond acceptors (Lipinski definition) is 4. The molecular weight excluding hydrogens is 316 g/mol. The molecule has 4 rings (SSSR count). The molecule has 0 spiro atoms. The van der Waals surface area contributed by atoms with Gasteiger partial charge in [-0.25, -0.2) is 0 Å². The van der Waals surface area contributed by atoms with Crippen LogP contribution in [0, 0.1) is 0 Å². The molecule has 0 aromatic heterocycles. The summed E-state index contributed by atoms with van der Waals surface area (Å²) in [6, 6.07) is 6.59. The van der Waals surface area contributed by atoms with Crippen molar-refractivity contribution in [3.8, 4) is 11.5 Å². The van der Waals surface area contributed by atoms with Crippen molar-refractivity contribution in [1.29, 1.82) is 0 Å². The van der Waals surface area contributed by atoms with Gasteiger partial charge < -0.3 is 19.7 Å². The molecule has 5 nitrogen and oxygen atoms in total. The Balaban J connectivity index is 0.00000156. The minimum Gasteiger partial charge on any atom is -0.490 e. The smallest absolute Gasteiger partial charge is 0.254 e. The first-order valence-corrected chi connectivity index (χ1v) is 8.24. The number of carbonyl (C=O) groups excluding carboxylic acids is 1. The summed E-state index contributed by atoms with van der Waals surface area (Å²) < 4.78 is 11.3. The van der Waals surface area contributed by atoms with Crippen LogP contribution in [0.4, 0.5) is 0 Å². The van der Waals surface area contributed by atoms with E-state index in [-0.39, 0.29) is 18.3 Å². The topological polar surface area (TPSA) is 50.8 Å². The highest BCUT2D eigenvalue weighted by atomic mass is 35.5. The van der Waals surface area contributed by atoms with Gasteiger partial charge in [0.1, 0.15) is 0 Å². The third-order valence-electron chi connectivity index (χ3n) is 4.80. The first kappa shape index (κ1) is 16.4. The van der Waals surface area contributed by atoms with E-state index in [1.54, 1.807) is 0 Å². The van der Waals surface area contributed by atoms with Crippen molar-refractivity contribution in [2.75, 3.05) is 26.3 Å². The fourth-order valence-corrected chi connectivity index (χ4v) is 3.61. The standard InChI is InChI=1S/C17H22N2O3.ClH/c20-17(19-7-6-13-3-4-14(11-19)18-13)12-2-5-15-16(10-12)22-9-1-8-21-15;/h2,5,10,13-14,18H,1,3-4,6-9,11H2;1H. The van der Waals surface area contributed by atoms with E-state index in [4.69, 9.17) is 9.47 Å². The minimum absolute atomic E-state index is 0. The van der Waals surface area contributed by atoms with Crippen molar-refractivity contribution in [2.24, 2.45) is 0 Å². The summed E-state index contributed by atoms with van der Waals surface area (Å²) in [5.41, 5.74) is 0.696. The number of amides is 1. The Hall–Kier alpha value is -1.46. The number of ether oxygens (including phenoxy) is 2. The Morgan fingerprint density at radius 3 is 2.74 bits per heavy atom. The maximum Gasteiger partial charge on any atom is 0.254 e. The lowest BCUT2D eigenvalue weighted by molar-refractivity contribution is 0.0747. The fourth-order valence-electron chi connectivity index (χ4n) is 3.61. The van der Waals surface area contributed by atoms with Crippen molar-refractivity contribution in [3.05, 3.63) is 23.8 Å². The molecule has 1 amide bonds. The molecule has 3 heterocycles. The minimum atomic E-state index is 0. The maximum atomic E-state index is 12.8. The molecule has 0 saturated carbocycles. The molecule has 23 heavy (non-hydrogen) atoms. The molecule has 2 saturated heterocycles. The summed E-state index contributed by atoms with van der Waals surface area (Å²) in [5.74, 6) is 1.54. The van der Waals surface area contributed by atoms with E-state index < -0.39 is 0 Å². The zero-order valence-corrected chi connectivity index (χ0v) is 13.9. The average molecular weight is 339 g/mol. The summed E-state index contributed by atoms with van der Waals surface area (Å²) in [5, 5.41) is 3.61. The quantitative estimate of drug-likeness (QED) is 0.853. The largest absolute Gasteiger partial charge is 0.490 e. The molecule has 2 unspecified atom stereocenters. The number of fused-ring (bicyclic) bond motifs is 3. The van der Waals surface area contributed by atoms with Crippen LogP contribution in [0.15, 0.2) is 18.2 Å². The summed E-state index contributed by atoms with van der Waals surface area (Å²) in [4.78, 5) is 14.8. The van der Waals surface area contributed by atoms with Crippen molar-refractivity contribution in [2.45, 2.75) is 37.8 Å². The van der Waals surface area contributed by atoms with Gasteiger partial charge in [0.25, 0.3) is 5.91 Å². The zero-order valence-electron chi connectivity index (χ0n) is 13.1. The predicted octanol–water partition coefficient (Wildman–Crippen LogP) is 2.24. The van der Waals surface area contributed by atoms with Gasteiger partial charge in [-0.15, -0.1) is 12.4 Å². The second kappa shape index (κ2) is 6.97. The summed E-state index contributed by atoms with van der Waals surface area (Å²) in [6.45, 7) is 2.95. The van der Waals surface area contributed by atoms with E-state index in [1.165, 1.54) is 12.8 Å². The van der Waals surface area contributed by atoms with Gasteiger partial charge in [0, 0.05) is 37.2 Å². The molecular formula is C17H23ClN2O3. The van der Waals surface area contributed by atoms with E-state index in [2.05, 4.69) is 5.32 Å². The van der Waals surface area contributed by atoms with Crippen LogP contribution in [0.5, 0.6) is 11.5 Å². The second-order valence-corrected chi connectivity index (χ2v) is 6.39. The summed E-state index contributed by atoms with van der Waals surface area (Å²) in [6.07, 6.45) is 4.35. The molecule has 2 fully saturated rings. The van der Waals surface area contributed by atoms with Crippen molar-refractivity contribution >= 4 is 18.3 Å². The van der Waals surface area contributed by atoms with Crippen LogP contribution in [0.2, 0.25) is 0 Å². The van der Waals surface area contributed by atoms with Gasteiger partial charge in [0.05, 0.1) is 13.2 Å². The number of carbonyl (C=O) groups is 1. The van der Waals surface area contributed by atoms with Crippen LogP contribution in [0.3, 0.4) is 0 Å². The zero-order chi connectivity index (χ0) is 14.9. The molecule has 1 aromatic carbocycles. The first-order chi connectivity index (χ1) is 10.8. The monoisotopic (exact) mass is 338 g/mol. The Labute approximate surface area is 142 Å². The van der Waals surface area contributed by atoms with E-state index >= 15 is 0 Å². The number of nitrogens with zero attached hydrogens (tertiary/aromatic N) is 1. The second-order valence-electron chi connectivity index (χ2n) is 6.39. The first-order valence-electron chi connectivity index (χ1n) is 8.24. The molecule has 0 aliphatic carbocycles. The number of halogens is 1. The Bertz CT molecular complexity index is 581. The van der Waals surface area contributed by atoms with Crippen LogP contribution in [0.25, 0.3) is 0 Å². The highest BCUT2D eigenvalue weighted by Crippen LogP contribution is 2.31. The maximum absolute atomic E-state index is 12.8. The van der Waals surface area contributed by atoms with Crippen LogP contribution < -0.4 is 14.8 Å². The van der Waals surface area contributed by atoms with E-state index in [0.717, 1.165) is 31.7 Å². The van der Waals surface area contributed by atoms with E-state index in [0.29, 0.717) is 36.6 Å². The van der Waals surface area contributed by atoms with Gasteiger partial charge in [-0.3, -0.25) is 4.79 Å². The fraction of sp³-hybridized carbons (Fsp3) is 0.588. The number of likely N-dealkylation sites (tertiary alicyclic amines) is 1. The molecule has 3 aliphatic rings. The molecule has 2 atom stereocenters. The highest BCUT2D eigenvalue weighted by molar-refractivity contribution is 5.95.